The average Bonchev–Trinajstić information content (AvgIpc) is 2.24. The van der Waals surface area contributed by atoms with E-state index in [1.165, 1.54) is 18.2 Å². The Morgan fingerprint density at radius 1 is 1.35 bits per heavy atom. The Morgan fingerprint density at radius 2 is 1.94 bits per heavy atom. The third kappa shape index (κ3) is 3.28. The van der Waals surface area contributed by atoms with Gasteiger partial charge in [-0.15, -0.1) is 0 Å². The van der Waals surface area contributed by atoms with Crippen molar-refractivity contribution in [2.45, 2.75) is 30.6 Å². The summed E-state index contributed by atoms with van der Waals surface area (Å²) in [5, 5.41) is 9.07. The lowest BCUT2D eigenvalue weighted by atomic mass is 9.95. The summed E-state index contributed by atoms with van der Waals surface area (Å²) >= 11 is 0. The van der Waals surface area contributed by atoms with Crippen molar-refractivity contribution in [3.63, 3.8) is 0 Å². The molecular formula is C11H14O5S. The topological polar surface area (TPSA) is 91.7 Å². The van der Waals surface area contributed by atoms with Gasteiger partial charge in [0, 0.05) is 0 Å². The SMILES string of the molecule is CCCC(C(=O)O)c1ccccc1S(=O)(=O)O. The second-order valence-corrected chi connectivity index (χ2v) is 5.08. The van der Waals surface area contributed by atoms with Crippen molar-refractivity contribution in [3.8, 4) is 0 Å². The van der Waals surface area contributed by atoms with Crippen molar-refractivity contribution >= 4 is 16.1 Å². The van der Waals surface area contributed by atoms with E-state index < -0.39 is 22.0 Å². The standard InChI is InChI=1S/C11H14O5S/c1-2-5-9(11(12)13)8-6-3-4-7-10(8)17(14,15)16/h3-4,6-7,9H,2,5H2,1H3,(H,12,13)(H,14,15,16). The van der Waals surface area contributed by atoms with Crippen molar-refractivity contribution in [3.05, 3.63) is 29.8 Å². The highest BCUT2D eigenvalue weighted by Crippen LogP contribution is 2.27. The van der Waals surface area contributed by atoms with Crippen molar-refractivity contribution in [2.75, 3.05) is 0 Å². The molecule has 0 bridgehead atoms. The molecule has 0 saturated heterocycles. The van der Waals surface area contributed by atoms with Crippen LogP contribution in [-0.2, 0) is 14.9 Å². The lowest BCUT2D eigenvalue weighted by molar-refractivity contribution is -0.139. The maximum absolute atomic E-state index is 11.1. The Balaban J connectivity index is 3.34. The second kappa shape index (κ2) is 5.29. The van der Waals surface area contributed by atoms with Gasteiger partial charge in [0.05, 0.1) is 10.8 Å². The monoisotopic (exact) mass is 258 g/mol. The van der Waals surface area contributed by atoms with Gasteiger partial charge < -0.3 is 5.11 Å². The molecule has 0 aromatic heterocycles. The minimum atomic E-state index is -4.39. The summed E-state index contributed by atoms with van der Waals surface area (Å²) in [6.45, 7) is 1.81. The van der Waals surface area contributed by atoms with Crippen LogP contribution >= 0.6 is 0 Å². The van der Waals surface area contributed by atoms with Crippen LogP contribution in [0.3, 0.4) is 0 Å². The van der Waals surface area contributed by atoms with Crippen LogP contribution in [0.2, 0.25) is 0 Å². The maximum atomic E-state index is 11.1. The van der Waals surface area contributed by atoms with E-state index >= 15 is 0 Å². The molecule has 1 aromatic rings. The minimum absolute atomic E-state index is 0.129. The van der Waals surface area contributed by atoms with Crippen molar-refractivity contribution in [2.24, 2.45) is 0 Å². The first kappa shape index (κ1) is 13.7. The molecule has 6 heteroatoms. The molecule has 0 aliphatic carbocycles. The number of benzene rings is 1. The number of rotatable bonds is 5. The fraction of sp³-hybridized carbons (Fsp3) is 0.364. The lowest BCUT2D eigenvalue weighted by Crippen LogP contribution is -2.15. The molecule has 0 saturated carbocycles. The Kier molecular flexibility index (Phi) is 4.25. The highest BCUT2D eigenvalue weighted by Gasteiger charge is 2.25. The van der Waals surface area contributed by atoms with E-state index in [0.717, 1.165) is 0 Å². The molecule has 0 amide bonds. The predicted molar refractivity (Wildman–Crippen MR) is 61.5 cm³/mol. The van der Waals surface area contributed by atoms with Gasteiger partial charge in [0.2, 0.25) is 0 Å². The van der Waals surface area contributed by atoms with Crippen LogP contribution in [0.5, 0.6) is 0 Å². The van der Waals surface area contributed by atoms with E-state index in [2.05, 4.69) is 0 Å². The van der Waals surface area contributed by atoms with Crippen LogP contribution in [0.25, 0.3) is 0 Å². The summed E-state index contributed by atoms with van der Waals surface area (Å²) in [7, 11) is -4.39. The Hall–Kier alpha value is -1.40. The summed E-state index contributed by atoms with van der Waals surface area (Å²) in [6, 6.07) is 5.61. The number of carboxylic acid groups (broad SMARTS) is 1. The van der Waals surface area contributed by atoms with Crippen LogP contribution in [-0.4, -0.2) is 24.0 Å². The number of carbonyl (C=O) groups is 1. The van der Waals surface area contributed by atoms with Crippen molar-refractivity contribution in [1.82, 2.24) is 0 Å². The fourth-order valence-corrected chi connectivity index (χ4v) is 2.46. The normalized spacial score (nSPS) is 13.3. The van der Waals surface area contributed by atoms with Crippen LogP contribution in [0.15, 0.2) is 29.2 Å². The molecule has 0 aliphatic heterocycles. The number of carboxylic acids is 1. The van der Waals surface area contributed by atoms with Gasteiger partial charge in [0.15, 0.2) is 0 Å². The fourth-order valence-electron chi connectivity index (χ4n) is 1.70. The van der Waals surface area contributed by atoms with E-state index in [-0.39, 0.29) is 10.5 Å². The molecule has 0 aliphatic rings. The van der Waals surface area contributed by atoms with Gasteiger partial charge in [0.1, 0.15) is 0 Å². The van der Waals surface area contributed by atoms with Crippen molar-refractivity contribution < 1.29 is 22.9 Å². The summed E-state index contributed by atoms with van der Waals surface area (Å²) in [6.07, 6.45) is 0.929. The third-order valence-electron chi connectivity index (χ3n) is 2.45. The highest BCUT2D eigenvalue weighted by molar-refractivity contribution is 7.85. The molecule has 1 atom stereocenters. The number of aliphatic carboxylic acids is 1. The predicted octanol–water partition coefficient (Wildman–Crippen LogP) is 1.90. The first-order valence-electron chi connectivity index (χ1n) is 5.17. The average molecular weight is 258 g/mol. The lowest BCUT2D eigenvalue weighted by Gasteiger charge is -2.14. The van der Waals surface area contributed by atoms with Gasteiger partial charge in [-0.25, -0.2) is 0 Å². The molecule has 1 rings (SSSR count). The van der Waals surface area contributed by atoms with E-state index in [1.54, 1.807) is 6.07 Å². The summed E-state index contributed by atoms with van der Waals surface area (Å²) in [5.41, 5.74) is 0.129. The first-order valence-corrected chi connectivity index (χ1v) is 6.61. The van der Waals surface area contributed by atoms with E-state index in [1.807, 2.05) is 6.92 Å². The zero-order valence-corrected chi connectivity index (χ0v) is 10.1. The molecule has 1 unspecified atom stereocenters. The molecule has 0 heterocycles. The quantitative estimate of drug-likeness (QED) is 0.787. The van der Waals surface area contributed by atoms with Crippen LogP contribution in [0.1, 0.15) is 31.2 Å². The Bertz CT molecular complexity index is 506. The van der Waals surface area contributed by atoms with Crippen molar-refractivity contribution in [1.29, 1.82) is 0 Å². The molecule has 94 valence electrons. The minimum Gasteiger partial charge on any atom is -0.481 e. The number of hydrogen-bond acceptors (Lipinski definition) is 3. The van der Waals surface area contributed by atoms with Crippen LogP contribution in [0, 0.1) is 0 Å². The largest absolute Gasteiger partial charge is 0.481 e. The van der Waals surface area contributed by atoms with E-state index in [4.69, 9.17) is 9.66 Å². The van der Waals surface area contributed by atoms with Gasteiger partial charge >= 0.3 is 5.97 Å². The van der Waals surface area contributed by atoms with Gasteiger partial charge in [-0.1, -0.05) is 31.5 Å². The molecule has 0 fully saturated rings. The molecule has 5 nitrogen and oxygen atoms in total. The maximum Gasteiger partial charge on any atom is 0.311 e. The van der Waals surface area contributed by atoms with Gasteiger partial charge in [-0.05, 0) is 18.1 Å². The van der Waals surface area contributed by atoms with Gasteiger partial charge in [0.25, 0.3) is 10.1 Å². The zero-order valence-electron chi connectivity index (χ0n) is 9.33. The first-order chi connectivity index (χ1) is 7.88. The molecule has 0 radical (unpaired) electrons. The molecule has 1 aromatic carbocycles. The molecule has 2 N–H and O–H groups in total. The van der Waals surface area contributed by atoms with Gasteiger partial charge in [-0.3, -0.25) is 9.35 Å². The molecule has 17 heavy (non-hydrogen) atoms. The van der Waals surface area contributed by atoms with Gasteiger partial charge in [-0.2, -0.15) is 8.42 Å². The molecule has 0 spiro atoms. The summed E-state index contributed by atoms with van der Waals surface area (Å²) < 4.78 is 31.3. The van der Waals surface area contributed by atoms with E-state index in [0.29, 0.717) is 12.8 Å². The second-order valence-electron chi connectivity index (χ2n) is 3.69. The van der Waals surface area contributed by atoms with Crippen LogP contribution in [0.4, 0.5) is 0 Å². The highest BCUT2D eigenvalue weighted by atomic mass is 32.2. The smallest absolute Gasteiger partial charge is 0.311 e. The zero-order chi connectivity index (χ0) is 13.1. The summed E-state index contributed by atoms with van der Waals surface area (Å²) in [5.74, 6) is -2.01. The third-order valence-corrected chi connectivity index (χ3v) is 3.38. The van der Waals surface area contributed by atoms with E-state index in [9.17, 15) is 13.2 Å². The Morgan fingerprint density at radius 3 is 2.41 bits per heavy atom. The summed E-state index contributed by atoms with van der Waals surface area (Å²) in [4.78, 5) is 10.8. The number of hydrogen-bond donors (Lipinski definition) is 2. The molecular weight excluding hydrogens is 244 g/mol. The van der Waals surface area contributed by atoms with Crippen LogP contribution < -0.4 is 0 Å². The Labute approximate surface area is 99.8 Å².